The molecular formula is C15H19NO2. The Morgan fingerprint density at radius 2 is 2.00 bits per heavy atom. The topological polar surface area (TPSA) is 29.5 Å². The van der Waals surface area contributed by atoms with Gasteiger partial charge in [0.25, 0.3) is 0 Å². The second-order valence-electron chi connectivity index (χ2n) is 5.29. The third kappa shape index (κ3) is 2.03. The Morgan fingerprint density at radius 1 is 1.22 bits per heavy atom. The normalized spacial score (nSPS) is 19.7. The molecular weight excluding hydrogens is 226 g/mol. The molecule has 3 heteroatoms. The molecule has 0 N–H and O–H groups in total. The molecule has 0 spiro atoms. The molecule has 0 unspecified atom stereocenters. The van der Waals surface area contributed by atoms with Crippen LogP contribution in [0.2, 0.25) is 0 Å². The van der Waals surface area contributed by atoms with Gasteiger partial charge in [0, 0.05) is 12.1 Å². The summed E-state index contributed by atoms with van der Waals surface area (Å²) in [6, 6.07) is 3.95. The molecule has 2 heterocycles. The largest absolute Gasteiger partial charge is 0.484 e. The highest BCUT2D eigenvalue weighted by Gasteiger charge is 2.26. The fourth-order valence-corrected chi connectivity index (χ4v) is 2.86. The average molecular weight is 245 g/mol. The van der Waals surface area contributed by atoms with Gasteiger partial charge in [-0.25, -0.2) is 0 Å². The highest BCUT2D eigenvalue weighted by molar-refractivity contribution is 6.02. The van der Waals surface area contributed by atoms with Crippen molar-refractivity contribution in [2.24, 2.45) is 0 Å². The van der Waals surface area contributed by atoms with Crippen LogP contribution in [0, 0.1) is 6.92 Å². The fourth-order valence-electron chi connectivity index (χ4n) is 2.86. The molecule has 0 saturated carbocycles. The lowest BCUT2D eigenvalue weighted by molar-refractivity contribution is 0.0960. The van der Waals surface area contributed by atoms with E-state index < -0.39 is 0 Å². The third-order valence-electron chi connectivity index (χ3n) is 3.97. The van der Waals surface area contributed by atoms with Gasteiger partial charge in [0.15, 0.2) is 6.61 Å². The van der Waals surface area contributed by atoms with E-state index in [0.717, 1.165) is 30.9 Å². The lowest BCUT2D eigenvalue weighted by Crippen LogP contribution is -2.29. The van der Waals surface area contributed by atoms with Gasteiger partial charge >= 0.3 is 0 Å². The first kappa shape index (κ1) is 11.7. The number of nitrogens with zero attached hydrogens (tertiary/aromatic N) is 1. The molecule has 0 aliphatic carbocycles. The lowest BCUT2D eigenvalue weighted by atomic mass is 10.0. The minimum absolute atomic E-state index is 0.116. The number of carbonyl (C=O) groups excluding carboxylic acids is 1. The van der Waals surface area contributed by atoms with Gasteiger partial charge in [0.05, 0.1) is 5.56 Å². The van der Waals surface area contributed by atoms with Crippen molar-refractivity contribution in [1.29, 1.82) is 0 Å². The summed E-state index contributed by atoms with van der Waals surface area (Å²) >= 11 is 0. The second kappa shape index (κ2) is 4.73. The number of carbonyl (C=O) groups is 1. The fraction of sp³-hybridized carbons (Fsp3) is 0.533. The van der Waals surface area contributed by atoms with E-state index in [2.05, 4.69) is 11.8 Å². The standard InChI is InChI=1S/C15H19NO2/c1-11-5-6-12-14(17)10-18-15(12)13(11)9-16-7-3-2-4-8-16/h5-6H,2-4,7-10H2,1H3. The lowest BCUT2D eigenvalue weighted by Gasteiger charge is -2.27. The summed E-state index contributed by atoms with van der Waals surface area (Å²) in [5, 5.41) is 0. The first-order valence-corrected chi connectivity index (χ1v) is 6.76. The predicted octanol–water partition coefficient (Wildman–Crippen LogP) is 2.56. The molecule has 96 valence electrons. The Balaban J connectivity index is 1.89. The number of rotatable bonds is 2. The van der Waals surface area contributed by atoms with Gasteiger partial charge in [0.1, 0.15) is 5.75 Å². The van der Waals surface area contributed by atoms with Crippen LogP contribution in [0.25, 0.3) is 0 Å². The van der Waals surface area contributed by atoms with E-state index >= 15 is 0 Å². The van der Waals surface area contributed by atoms with Crippen molar-refractivity contribution in [3.8, 4) is 5.75 Å². The molecule has 3 nitrogen and oxygen atoms in total. The van der Waals surface area contributed by atoms with Gasteiger partial charge in [-0.05, 0) is 44.5 Å². The minimum Gasteiger partial charge on any atom is -0.484 e. The van der Waals surface area contributed by atoms with E-state index in [1.807, 2.05) is 12.1 Å². The molecule has 1 saturated heterocycles. The smallest absolute Gasteiger partial charge is 0.203 e. The zero-order chi connectivity index (χ0) is 12.5. The van der Waals surface area contributed by atoms with E-state index in [0.29, 0.717) is 0 Å². The van der Waals surface area contributed by atoms with Crippen LogP contribution in [0.15, 0.2) is 12.1 Å². The van der Waals surface area contributed by atoms with Crippen LogP contribution < -0.4 is 4.74 Å². The van der Waals surface area contributed by atoms with E-state index in [1.54, 1.807) is 0 Å². The predicted molar refractivity (Wildman–Crippen MR) is 70.1 cm³/mol. The molecule has 1 fully saturated rings. The maximum atomic E-state index is 11.7. The summed E-state index contributed by atoms with van der Waals surface area (Å²) in [6.07, 6.45) is 3.92. The third-order valence-corrected chi connectivity index (χ3v) is 3.97. The number of piperidine rings is 1. The number of hydrogen-bond donors (Lipinski definition) is 0. The maximum Gasteiger partial charge on any atom is 0.203 e. The zero-order valence-electron chi connectivity index (χ0n) is 10.9. The van der Waals surface area contributed by atoms with E-state index in [1.165, 1.54) is 30.4 Å². The number of likely N-dealkylation sites (tertiary alicyclic amines) is 1. The highest BCUT2D eigenvalue weighted by atomic mass is 16.5. The average Bonchev–Trinajstić information content (AvgIpc) is 2.76. The summed E-state index contributed by atoms with van der Waals surface area (Å²) in [7, 11) is 0. The minimum atomic E-state index is 0.116. The molecule has 0 bridgehead atoms. The van der Waals surface area contributed by atoms with Gasteiger partial charge in [-0.15, -0.1) is 0 Å². The van der Waals surface area contributed by atoms with Gasteiger partial charge in [-0.1, -0.05) is 12.5 Å². The summed E-state index contributed by atoms with van der Waals surface area (Å²) in [4.78, 5) is 14.2. The molecule has 0 aromatic heterocycles. The Hall–Kier alpha value is -1.35. The summed E-state index contributed by atoms with van der Waals surface area (Å²) in [5.74, 6) is 0.954. The van der Waals surface area contributed by atoms with Crippen molar-refractivity contribution in [3.05, 3.63) is 28.8 Å². The molecule has 0 amide bonds. The molecule has 2 aliphatic heterocycles. The van der Waals surface area contributed by atoms with Crippen molar-refractivity contribution >= 4 is 5.78 Å². The SMILES string of the molecule is Cc1ccc2c(c1CN1CCCCC1)OCC2=O. The molecule has 0 atom stereocenters. The summed E-state index contributed by atoms with van der Waals surface area (Å²) in [5.41, 5.74) is 3.21. The first-order chi connectivity index (χ1) is 8.75. The number of aryl methyl sites for hydroxylation is 1. The molecule has 0 radical (unpaired) electrons. The number of Topliss-reactive ketones (excluding diaryl/α,β-unsaturated/α-hetero) is 1. The molecule has 1 aromatic rings. The van der Waals surface area contributed by atoms with E-state index in [9.17, 15) is 4.79 Å². The van der Waals surface area contributed by atoms with Gasteiger partial charge in [-0.3, -0.25) is 9.69 Å². The highest BCUT2D eigenvalue weighted by Crippen LogP contribution is 2.33. The van der Waals surface area contributed by atoms with Crippen molar-refractivity contribution in [1.82, 2.24) is 4.90 Å². The van der Waals surface area contributed by atoms with Crippen LogP contribution in [-0.4, -0.2) is 30.4 Å². The van der Waals surface area contributed by atoms with Crippen LogP contribution in [0.4, 0.5) is 0 Å². The molecule has 1 aromatic carbocycles. The van der Waals surface area contributed by atoms with Gasteiger partial charge in [-0.2, -0.15) is 0 Å². The second-order valence-corrected chi connectivity index (χ2v) is 5.29. The molecule has 2 aliphatic rings. The Bertz CT molecular complexity index is 476. The van der Waals surface area contributed by atoms with Crippen LogP contribution in [0.5, 0.6) is 5.75 Å². The number of fused-ring (bicyclic) bond motifs is 1. The quantitative estimate of drug-likeness (QED) is 0.802. The monoisotopic (exact) mass is 245 g/mol. The van der Waals surface area contributed by atoms with Crippen LogP contribution in [-0.2, 0) is 6.54 Å². The Kier molecular flexibility index (Phi) is 3.08. The number of ether oxygens (including phenoxy) is 1. The first-order valence-electron chi connectivity index (χ1n) is 6.76. The number of ketones is 1. The summed E-state index contributed by atoms with van der Waals surface area (Å²) in [6.45, 7) is 5.56. The van der Waals surface area contributed by atoms with Crippen molar-refractivity contribution in [3.63, 3.8) is 0 Å². The van der Waals surface area contributed by atoms with E-state index in [4.69, 9.17) is 4.74 Å². The van der Waals surface area contributed by atoms with Gasteiger partial charge in [0.2, 0.25) is 5.78 Å². The van der Waals surface area contributed by atoms with Gasteiger partial charge < -0.3 is 4.74 Å². The van der Waals surface area contributed by atoms with Crippen molar-refractivity contribution < 1.29 is 9.53 Å². The maximum absolute atomic E-state index is 11.7. The number of benzene rings is 1. The number of hydrogen-bond acceptors (Lipinski definition) is 3. The van der Waals surface area contributed by atoms with Crippen LogP contribution in [0.1, 0.15) is 40.7 Å². The summed E-state index contributed by atoms with van der Waals surface area (Å²) < 4.78 is 5.59. The van der Waals surface area contributed by atoms with Crippen molar-refractivity contribution in [2.45, 2.75) is 32.7 Å². The Labute approximate surface area is 108 Å². The molecule has 3 rings (SSSR count). The van der Waals surface area contributed by atoms with E-state index in [-0.39, 0.29) is 12.4 Å². The van der Waals surface area contributed by atoms with Crippen LogP contribution >= 0.6 is 0 Å². The van der Waals surface area contributed by atoms with Crippen molar-refractivity contribution in [2.75, 3.05) is 19.7 Å². The zero-order valence-corrected chi connectivity index (χ0v) is 10.9. The Morgan fingerprint density at radius 3 is 2.78 bits per heavy atom. The molecule has 18 heavy (non-hydrogen) atoms. The van der Waals surface area contributed by atoms with Crippen LogP contribution in [0.3, 0.4) is 0 Å².